The minimum Gasteiger partial charge on any atom is -0.358 e. The fourth-order valence-corrected chi connectivity index (χ4v) is 3.26. The van der Waals surface area contributed by atoms with Gasteiger partial charge in [-0.15, -0.1) is 11.3 Å². The predicted molar refractivity (Wildman–Crippen MR) is 89.5 cm³/mol. The highest BCUT2D eigenvalue weighted by atomic mass is 79.9. The Morgan fingerprint density at radius 2 is 2.29 bits per heavy atom. The van der Waals surface area contributed by atoms with Gasteiger partial charge in [-0.05, 0) is 31.5 Å². The number of thiazole rings is 1. The van der Waals surface area contributed by atoms with Gasteiger partial charge in [-0.3, -0.25) is 4.99 Å². The molecule has 0 aliphatic heterocycles. The maximum atomic E-state index is 13.2. The van der Waals surface area contributed by atoms with Crippen molar-refractivity contribution in [2.75, 3.05) is 13.6 Å². The first-order valence-electron chi connectivity index (χ1n) is 6.66. The van der Waals surface area contributed by atoms with Crippen LogP contribution in [0.25, 0.3) is 0 Å². The molecule has 0 radical (unpaired) electrons. The minimum atomic E-state index is -0.257. The van der Waals surface area contributed by atoms with Crippen molar-refractivity contribution in [2.45, 2.75) is 19.9 Å². The van der Waals surface area contributed by atoms with Crippen LogP contribution in [0.3, 0.4) is 0 Å². The van der Waals surface area contributed by atoms with Gasteiger partial charge in [0.2, 0.25) is 0 Å². The SMILES string of the molecule is CCN(C)C(=N[C@H](C)c1ccc(F)cc1Br)c1nccs1. The molecule has 0 aliphatic carbocycles. The lowest BCUT2D eigenvalue weighted by atomic mass is 10.1. The van der Waals surface area contributed by atoms with E-state index in [1.807, 2.05) is 19.4 Å². The maximum absolute atomic E-state index is 13.2. The van der Waals surface area contributed by atoms with E-state index in [1.54, 1.807) is 23.6 Å². The molecule has 0 spiro atoms. The van der Waals surface area contributed by atoms with Crippen LogP contribution < -0.4 is 0 Å². The van der Waals surface area contributed by atoms with Crippen molar-refractivity contribution in [1.29, 1.82) is 0 Å². The largest absolute Gasteiger partial charge is 0.358 e. The van der Waals surface area contributed by atoms with E-state index in [0.717, 1.165) is 27.4 Å². The molecule has 0 amide bonds. The first-order chi connectivity index (χ1) is 10.0. The van der Waals surface area contributed by atoms with E-state index in [4.69, 9.17) is 4.99 Å². The van der Waals surface area contributed by atoms with Gasteiger partial charge in [-0.25, -0.2) is 9.37 Å². The Morgan fingerprint density at radius 1 is 1.52 bits per heavy atom. The Balaban J connectivity index is 2.37. The molecule has 0 saturated heterocycles. The van der Waals surface area contributed by atoms with Gasteiger partial charge < -0.3 is 4.90 Å². The van der Waals surface area contributed by atoms with E-state index in [2.05, 4.69) is 32.7 Å². The van der Waals surface area contributed by atoms with Crippen LogP contribution >= 0.6 is 27.3 Å². The summed E-state index contributed by atoms with van der Waals surface area (Å²) in [4.78, 5) is 11.2. The third-order valence-electron chi connectivity index (χ3n) is 3.19. The molecule has 2 aromatic rings. The Labute approximate surface area is 136 Å². The van der Waals surface area contributed by atoms with Crippen molar-refractivity contribution >= 4 is 33.1 Å². The Hall–Kier alpha value is -1.27. The molecule has 6 heteroatoms. The fourth-order valence-electron chi connectivity index (χ4n) is 1.89. The van der Waals surface area contributed by atoms with Crippen LogP contribution in [0, 0.1) is 5.82 Å². The molecule has 1 heterocycles. The summed E-state index contributed by atoms with van der Waals surface area (Å²) in [6, 6.07) is 4.60. The molecule has 112 valence electrons. The van der Waals surface area contributed by atoms with Crippen LogP contribution in [-0.4, -0.2) is 29.3 Å². The number of nitrogens with zero attached hydrogens (tertiary/aromatic N) is 3. The number of hydrogen-bond acceptors (Lipinski definition) is 3. The Morgan fingerprint density at radius 3 is 2.86 bits per heavy atom. The second-order valence-electron chi connectivity index (χ2n) is 4.65. The third-order valence-corrected chi connectivity index (χ3v) is 4.64. The van der Waals surface area contributed by atoms with Gasteiger partial charge in [-0.2, -0.15) is 0 Å². The first kappa shape index (κ1) is 16.1. The topological polar surface area (TPSA) is 28.5 Å². The van der Waals surface area contributed by atoms with Gasteiger partial charge in [0.1, 0.15) is 5.82 Å². The summed E-state index contributed by atoms with van der Waals surface area (Å²) in [5.41, 5.74) is 0.954. The maximum Gasteiger partial charge on any atom is 0.160 e. The average Bonchev–Trinajstić information content (AvgIpc) is 2.97. The number of aromatic nitrogens is 1. The molecule has 0 unspecified atom stereocenters. The monoisotopic (exact) mass is 369 g/mol. The van der Waals surface area contributed by atoms with Gasteiger partial charge >= 0.3 is 0 Å². The molecule has 0 fully saturated rings. The second-order valence-corrected chi connectivity index (χ2v) is 6.39. The standard InChI is InChI=1S/C15H17BrFN3S/c1-4-20(3)14(15-18-7-8-21-15)19-10(2)12-6-5-11(17)9-13(12)16/h5-10H,4H2,1-3H3/t10-/m1/s1. The van der Waals surface area contributed by atoms with Crippen molar-refractivity contribution in [1.82, 2.24) is 9.88 Å². The number of benzene rings is 1. The van der Waals surface area contributed by atoms with Gasteiger partial charge in [-0.1, -0.05) is 22.0 Å². The highest BCUT2D eigenvalue weighted by molar-refractivity contribution is 9.10. The Kier molecular flexibility index (Phi) is 5.47. The zero-order chi connectivity index (χ0) is 15.4. The summed E-state index contributed by atoms with van der Waals surface area (Å²) in [7, 11) is 1.99. The van der Waals surface area contributed by atoms with E-state index in [9.17, 15) is 4.39 Å². The van der Waals surface area contributed by atoms with Gasteiger partial charge in [0.25, 0.3) is 0 Å². The van der Waals surface area contributed by atoms with E-state index in [0.29, 0.717) is 0 Å². The lowest BCUT2D eigenvalue weighted by molar-refractivity contribution is 0.529. The predicted octanol–water partition coefficient (Wildman–Crippen LogP) is 4.50. The molecular formula is C15H17BrFN3S. The van der Waals surface area contributed by atoms with Gasteiger partial charge in [0.15, 0.2) is 10.8 Å². The second kappa shape index (κ2) is 7.13. The normalized spacial score (nSPS) is 13.3. The molecule has 0 aliphatic rings. The van der Waals surface area contributed by atoms with Gasteiger partial charge in [0.05, 0.1) is 6.04 Å². The van der Waals surface area contributed by atoms with Crippen molar-refractivity contribution in [2.24, 2.45) is 4.99 Å². The van der Waals surface area contributed by atoms with Gasteiger partial charge in [0, 0.05) is 29.6 Å². The smallest absolute Gasteiger partial charge is 0.160 e. The molecule has 1 aromatic carbocycles. The van der Waals surface area contributed by atoms with Crippen molar-refractivity contribution < 1.29 is 4.39 Å². The number of aliphatic imine (C=N–C) groups is 1. The molecule has 2 rings (SSSR count). The number of halogens is 2. The molecule has 1 aromatic heterocycles. The molecule has 1 atom stereocenters. The van der Waals surface area contributed by atoms with Crippen molar-refractivity contribution in [3.63, 3.8) is 0 Å². The lowest BCUT2D eigenvalue weighted by Gasteiger charge is -2.20. The highest BCUT2D eigenvalue weighted by Gasteiger charge is 2.15. The molecule has 21 heavy (non-hydrogen) atoms. The van der Waals surface area contributed by atoms with E-state index in [1.165, 1.54) is 12.1 Å². The summed E-state index contributed by atoms with van der Waals surface area (Å²) in [5, 5.41) is 2.83. The molecule has 0 bridgehead atoms. The highest BCUT2D eigenvalue weighted by Crippen LogP contribution is 2.27. The Bertz CT molecular complexity index is 628. The summed E-state index contributed by atoms with van der Waals surface area (Å²) in [6.07, 6.45) is 1.78. The fraction of sp³-hybridized carbons (Fsp3) is 0.333. The summed E-state index contributed by atoms with van der Waals surface area (Å²) < 4.78 is 13.9. The van der Waals surface area contributed by atoms with Crippen LogP contribution in [0.4, 0.5) is 4.39 Å². The van der Waals surface area contributed by atoms with Crippen LogP contribution in [0.15, 0.2) is 39.2 Å². The minimum absolute atomic E-state index is 0.0899. The quantitative estimate of drug-likeness (QED) is 0.586. The van der Waals surface area contributed by atoms with Crippen molar-refractivity contribution in [3.05, 3.63) is 50.6 Å². The molecule has 3 nitrogen and oxygen atoms in total. The van der Waals surface area contributed by atoms with E-state index < -0.39 is 0 Å². The summed E-state index contributed by atoms with van der Waals surface area (Å²) in [5.74, 6) is 0.601. The third kappa shape index (κ3) is 3.89. The average molecular weight is 370 g/mol. The zero-order valence-corrected chi connectivity index (χ0v) is 14.6. The molecule has 0 N–H and O–H groups in total. The molecule has 0 saturated carbocycles. The van der Waals surface area contributed by atoms with E-state index >= 15 is 0 Å². The number of rotatable bonds is 4. The van der Waals surface area contributed by atoms with E-state index in [-0.39, 0.29) is 11.9 Å². The zero-order valence-electron chi connectivity index (χ0n) is 12.2. The lowest BCUT2D eigenvalue weighted by Crippen LogP contribution is -2.27. The molecular weight excluding hydrogens is 353 g/mol. The number of hydrogen-bond donors (Lipinski definition) is 0. The van der Waals surface area contributed by atoms with Crippen LogP contribution in [-0.2, 0) is 0 Å². The number of amidine groups is 1. The van der Waals surface area contributed by atoms with Crippen molar-refractivity contribution in [3.8, 4) is 0 Å². The summed E-state index contributed by atoms with van der Waals surface area (Å²) in [6.45, 7) is 4.91. The first-order valence-corrected chi connectivity index (χ1v) is 8.34. The van der Waals surface area contributed by atoms with Crippen LogP contribution in [0.2, 0.25) is 0 Å². The summed E-state index contributed by atoms with van der Waals surface area (Å²) >= 11 is 4.97. The van der Waals surface area contributed by atoms with Crippen LogP contribution in [0.5, 0.6) is 0 Å². The van der Waals surface area contributed by atoms with Crippen LogP contribution in [0.1, 0.15) is 30.5 Å².